The van der Waals surface area contributed by atoms with E-state index in [0.717, 1.165) is 13.1 Å². The highest BCUT2D eigenvalue weighted by Crippen LogP contribution is 2.22. The van der Waals surface area contributed by atoms with E-state index in [1.165, 1.54) is 18.5 Å². The molecule has 15 heavy (non-hydrogen) atoms. The van der Waals surface area contributed by atoms with Crippen molar-refractivity contribution in [2.45, 2.75) is 12.8 Å². The molecule has 1 fully saturated rings. The fourth-order valence-electron chi connectivity index (χ4n) is 2.21. The molecule has 1 atom stereocenters. The Kier molecular flexibility index (Phi) is 3.59. The highest BCUT2D eigenvalue weighted by atomic mass is 16.6. The van der Waals surface area contributed by atoms with Crippen molar-refractivity contribution < 1.29 is 4.84 Å². The number of hydrogen-bond acceptors (Lipinski definition) is 3. The Labute approximate surface area is 90.8 Å². The van der Waals surface area contributed by atoms with Gasteiger partial charge in [-0.1, -0.05) is 18.2 Å². The van der Waals surface area contributed by atoms with Gasteiger partial charge >= 0.3 is 0 Å². The van der Waals surface area contributed by atoms with Crippen LogP contribution in [0.1, 0.15) is 12.8 Å². The first-order chi connectivity index (χ1) is 7.40. The summed E-state index contributed by atoms with van der Waals surface area (Å²) in [5, 5.41) is 0. The van der Waals surface area contributed by atoms with Crippen LogP contribution in [0.5, 0.6) is 0 Å². The number of rotatable bonds is 3. The molecule has 3 heteroatoms. The topological polar surface area (TPSA) is 38.5 Å². The lowest BCUT2D eigenvalue weighted by Crippen LogP contribution is -2.37. The van der Waals surface area contributed by atoms with Crippen LogP contribution in [0.2, 0.25) is 0 Å². The number of hydrogen-bond donors (Lipinski definition) is 1. The van der Waals surface area contributed by atoms with E-state index < -0.39 is 0 Å². The van der Waals surface area contributed by atoms with Gasteiger partial charge in [0, 0.05) is 24.7 Å². The molecule has 0 saturated carbocycles. The van der Waals surface area contributed by atoms with E-state index in [4.69, 9.17) is 10.7 Å². The highest BCUT2D eigenvalue weighted by Gasteiger charge is 2.19. The van der Waals surface area contributed by atoms with Crippen LogP contribution >= 0.6 is 0 Å². The van der Waals surface area contributed by atoms with Crippen LogP contribution in [0.4, 0.5) is 5.69 Å². The molecule has 1 aliphatic heterocycles. The maximum atomic E-state index is 5.12. The number of nitrogens with two attached hydrogens (primary N) is 1. The van der Waals surface area contributed by atoms with E-state index in [1.54, 1.807) is 0 Å². The van der Waals surface area contributed by atoms with Crippen molar-refractivity contribution in [1.29, 1.82) is 0 Å². The van der Waals surface area contributed by atoms with E-state index in [0.29, 0.717) is 12.5 Å². The second-order valence-corrected chi connectivity index (χ2v) is 4.12. The second kappa shape index (κ2) is 5.14. The summed E-state index contributed by atoms with van der Waals surface area (Å²) in [5.41, 5.74) is 1.30. The molecule has 3 nitrogen and oxygen atoms in total. The average molecular weight is 206 g/mol. The largest absolute Gasteiger partial charge is 0.371 e. The van der Waals surface area contributed by atoms with Crippen LogP contribution in [0.3, 0.4) is 0 Å². The van der Waals surface area contributed by atoms with Crippen molar-refractivity contribution >= 4 is 5.69 Å². The first kappa shape index (κ1) is 10.5. The van der Waals surface area contributed by atoms with Crippen LogP contribution in [-0.4, -0.2) is 19.7 Å². The zero-order chi connectivity index (χ0) is 10.5. The number of anilines is 1. The lowest BCUT2D eigenvalue weighted by atomic mass is 9.98. The summed E-state index contributed by atoms with van der Waals surface area (Å²) in [4.78, 5) is 7.15. The van der Waals surface area contributed by atoms with E-state index in [-0.39, 0.29) is 0 Å². The van der Waals surface area contributed by atoms with Crippen molar-refractivity contribution in [3.05, 3.63) is 30.3 Å². The van der Waals surface area contributed by atoms with Crippen LogP contribution in [0, 0.1) is 5.92 Å². The zero-order valence-electron chi connectivity index (χ0n) is 8.93. The molecule has 1 saturated heterocycles. The second-order valence-electron chi connectivity index (χ2n) is 4.12. The molecule has 0 aromatic heterocycles. The van der Waals surface area contributed by atoms with Crippen LogP contribution in [-0.2, 0) is 4.84 Å². The van der Waals surface area contributed by atoms with Crippen molar-refractivity contribution in [2.75, 3.05) is 24.6 Å². The number of piperidine rings is 1. The smallest absolute Gasteiger partial charge is 0.0724 e. The molecule has 1 aliphatic rings. The Bertz CT molecular complexity index is 287. The molecular formula is C12H18N2O. The van der Waals surface area contributed by atoms with E-state index in [9.17, 15) is 0 Å². The first-order valence-corrected chi connectivity index (χ1v) is 5.52. The van der Waals surface area contributed by atoms with Gasteiger partial charge in [0.1, 0.15) is 0 Å². The Hall–Kier alpha value is -1.06. The molecule has 0 radical (unpaired) electrons. The molecule has 1 aromatic rings. The summed E-state index contributed by atoms with van der Waals surface area (Å²) >= 11 is 0. The van der Waals surface area contributed by atoms with Crippen molar-refractivity contribution in [3.8, 4) is 0 Å². The average Bonchev–Trinajstić information content (AvgIpc) is 2.31. The lowest BCUT2D eigenvalue weighted by Gasteiger charge is -2.33. The molecular weight excluding hydrogens is 188 g/mol. The van der Waals surface area contributed by atoms with Gasteiger partial charge in [-0.2, -0.15) is 0 Å². The minimum atomic E-state index is 0.573. The van der Waals surface area contributed by atoms with Gasteiger partial charge in [0.25, 0.3) is 0 Å². The van der Waals surface area contributed by atoms with E-state index >= 15 is 0 Å². The quantitative estimate of drug-likeness (QED) is 0.766. The lowest BCUT2D eigenvalue weighted by molar-refractivity contribution is 0.0951. The Balaban J connectivity index is 1.98. The minimum Gasteiger partial charge on any atom is -0.371 e. The number of nitrogens with zero attached hydrogens (tertiary/aromatic N) is 1. The third kappa shape index (κ3) is 2.70. The number of para-hydroxylation sites is 1. The summed E-state index contributed by atoms with van der Waals surface area (Å²) < 4.78 is 0. The van der Waals surface area contributed by atoms with Gasteiger partial charge in [0.15, 0.2) is 0 Å². The van der Waals surface area contributed by atoms with Gasteiger partial charge in [0.05, 0.1) is 6.61 Å². The maximum absolute atomic E-state index is 5.12. The Morgan fingerprint density at radius 2 is 2.13 bits per heavy atom. The fourth-order valence-corrected chi connectivity index (χ4v) is 2.21. The van der Waals surface area contributed by atoms with Gasteiger partial charge in [-0.05, 0) is 25.0 Å². The van der Waals surface area contributed by atoms with Gasteiger partial charge in [-0.15, -0.1) is 0 Å². The zero-order valence-corrected chi connectivity index (χ0v) is 8.93. The monoisotopic (exact) mass is 206 g/mol. The number of benzene rings is 1. The van der Waals surface area contributed by atoms with Gasteiger partial charge in [-0.25, -0.2) is 5.90 Å². The summed E-state index contributed by atoms with van der Waals surface area (Å²) in [6.07, 6.45) is 2.45. The normalized spacial score (nSPS) is 21.7. The Morgan fingerprint density at radius 3 is 2.87 bits per heavy atom. The van der Waals surface area contributed by atoms with Crippen molar-refractivity contribution in [3.63, 3.8) is 0 Å². The predicted octanol–water partition coefficient (Wildman–Crippen LogP) is 1.79. The summed E-state index contributed by atoms with van der Waals surface area (Å²) in [7, 11) is 0. The third-order valence-corrected chi connectivity index (χ3v) is 2.97. The molecule has 1 heterocycles. The third-order valence-electron chi connectivity index (χ3n) is 2.97. The molecule has 0 aliphatic carbocycles. The summed E-state index contributed by atoms with van der Waals surface area (Å²) in [5.74, 6) is 5.70. The van der Waals surface area contributed by atoms with Gasteiger partial charge < -0.3 is 9.74 Å². The first-order valence-electron chi connectivity index (χ1n) is 5.52. The van der Waals surface area contributed by atoms with Gasteiger partial charge in [0.2, 0.25) is 0 Å². The van der Waals surface area contributed by atoms with Crippen LogP contribution in [0.25, 0.3) is 0 Å². The minimum absolute atomic E-state index is 0.573. The van der Waals surface area contributed by atoms with Crippen LogP contribution < -0.4 is 10.8 Å². The van der Waals surface area contributed by atoms with E-state index in [1.807, 2.05) is 6.07 Å². The Morgan fingerprint density at radius 1 is 1.33 bits per heavy atom. The summed E-state index contributed by atoms with van der Waals surface area (Å²) in [6.45, 7) is 2.87. The predicted molar refractivity (Wildman–Crippen MR) is 61.5 cm³/mol. The van der Waals surface area contributed by atoms with Crippen molar-refractivity contribution in [1.82, 2.24) is 0 Å². The standard InChI is InChI=1S/C12H18N2O/c13-15-10-11-5-4-8-14(9-11)12-6-2-1-3-7-12/h1-3,6-7,11H,4-5,8-10,13H2. The molecule has 2 rings (SSSR count). The molecule has 0 spiro atoms. The fraction of sp³-hybridized carbons (Fsp3) is 0.500. The van der Waals surface area contributed by atoms with Gasteiger partial charge in [-0.3, -0.25) is 0 Å². The maximum Gasteiger partial charge on any atom is 0.0724 e. The molecule has 2 N–H and O–H groups in total. The molecule has 0 amide bonds. The SMILES string of the molecule is NOCC1CCCN(c2ccccc2)C1. The molecule has 82 valence electrons. The van der Waals surface area contributed by atoms with E-state index in [2.05, 4.69) is 29.2 Å². The molecule has 1 aromatic carbocycles. The molecule has 0 bridgehead atoms. The van der Waals surface area contributed by atoms with Crippen molar-refractivity contribution in [2.24, 2.45) is 11.8 Å². The highest BCUT2D eigenvalue weighted by molar-refractivity contribution is 5.46. The van der Waals surface area contributed by atoms with Crippen LogP contribution in [0.15, 0.2) is 30.3 Å². The molecule has 1 unspecified atom stereocenters. The summed E-state index contributed by atoms with van der Waals surface area (Å²) in [6, 6.07) is 10.5.